The number of ketones is 1. The summed E-state index contributed by atoms with van der Waals surface area (Å²) in [4.78, 5) is 13.0. The SMILES string of the molecule is O=C1CCc2ccc3cc2C1C12CCC(C1)C1=C2CCCC13. The number of allylic oxidation sites excluding steroid dienone is 2. The molecule has 0 amide bonds. The van der Waals surface area contributed by atoms with E-state index in [1.807, 2.05) is 0 Å². The highest BCUT2D eigenvalue weighted by Gasteiger charge is 2.59. The van der Waals surface area contributed by atoms with Crippen molar-refractivity contribution >= 4 is 5.78 Å². The summed E-state index contributed by atoms with van der Waals surface area (Å²) in [5.74, 6) is 2.22. The minimum Gasteiger partial charge on any atom is -0.299 e. The average molecular weight is 290 g/mol. The van der Waals surface area contributed by atoms with Crippen molar-refractivity contribution in [1.29, 1.82) is 0 Å². The zero-order valence-corrected chi connectivity index (χ0v) is 13.0. The molecule has 5 aliphatic rings. The maximum absolute atomic E-state index is 13.0. The Morgan fingerprint density at radius 2 is 2.05 bits per heavy atom. The van der Waals surface area contributed by atoms with Crippen LogP contribution in [0, 0.1) is 11.3 Å². The molecule has 0 N–H and O–H groups in total. The molecular weight excluding hydrogens is 268 g/mol. The summed E-state index contributed by atoms with van der Waals surface area (Å²) in [5.41, 5.74) is 8.23. The molecule has 112 valence electrons. The van der Waals surface area contributed by atoms with Crippen LogP contribution in [0.3, 0.4) is 0 Å². The topological polar surface area (TPSA) is 17.1 Å². The zero-order valence-electron chi connectivity index (χ0n) is 13.0. The second-order valence-electron chi connectivity index (χ2n) is 8.33. The summed E-state index contributed by atoms with van der Waals surface area (Å²) >= 11 is 0. The Labute approximate surface area is 131 Å². The van der Waals surface area contributed by atoms with Gasteiger partial charge in [-0.3, -0.25) is 4.79 Å². The van der Waals surface area contributed by atoms with Gasteiger partial charge >= 0.3 is 0 Å². The number of benzene rings is 1. The highest BCUT2D eigenvalue weighted by atomic mass is 16.1. The lowest BCUT2D eigenvalue weighted by Crippen LogP contribution is -2.38. The van der Waals surface area contributed by atoms with Crippen LogP contribution in [0.25, 0.3) is 0 Å². The molecule has 1 nitrogen and oxygen atoms in total. The van der Waals surface area contributed by atoms with Gasteiger partial charge in [0.1, 0.15) is 5.78 Å². The summed E-state index contributed by atoms with van der Waals surface area (Å²) in [6, 6.07) is 7.19. The van der Waals surface area contributed by atoms with Gasteiger partial charge in [-0.1, -0.05) is 29.3 Å². The van der Waals surface area contributed by atoms with Gasteiger partial charge < -0.3 is 0 Å². The first-order chi connectivity index (χ1) is 10.8. The number of carbonyl (C=O) groups excluding carboxylic acids is 1. The monoisotopic (exact) mass is 290 g/mol. The van der Waals surface area contributed by atoms with Crippen molar-refractivity contribution in [2.75, 3.05) is 0 Å². The fraction of sp³-hybridized carbons (Fsp3) is 0.571. The molecule has 4 unspecified atom stereocenters. The summed E-state index contributed by atoms with van der Waals surface area (Å²) in [6.07, 6.45) is 9.62. The minimum atomic E-state index is 0.202. The molecule has 1 spiro atoms. The van der Waals surface area contributed by atoms with E-state index in [4.69, 9.17) is 0 Å². The number of hydrogen-bond donors (Lipinski definition) is 0. The number of carbonyl (C=O) groups is 1. The molecule has 0 aliphatic heterocycles. The van der Waals surface area contributed by atoms with Crippen LogP contribution in [0.1, 0.15) is 73.5 Å². The average Bonchev–Trinajstić information content (AvgIpc) is 3.12. The van der Waals surface area contributed by atoms with Crippen molar-refractivity contribution in [2.45, 2.75) is 63.2 Å². The highest BCUT2D eigenvalue weighted by Crippen LogP contribution is 2.70. The van der Waals surface area contributed by atoms with Crippen LogP contribution in [-0.4, -0.2) is 5.78 Å². The lowest BCUT2D eigenvalue weighted by molar-refractivity contribution is -0.123. The van der Waals surface area contributed by atoms with Gasteiger partial charge in [-0.25, -0.2) is 0 Å². The number of fused-ring (bicyclic) bond motifs is 3. The summed E-state index contributed by atoms with van der Waals surface area (Å²) in [7, 11) is 0. The van der Waals surface area contributed by atoms with Crippen LogP contribution < -0.4 is 0 Å². The molecule has 4 atom stereocenters. The third-order valence-corrected chi connectivity index (χ3v) is 7.63. The summed E-state index contributed by atoms with van der Waals surface area (Å²) in [6.45, 7) is 0. The van der Waals surface area contributed by atoms with E-state index in [9.17, 15) is 4.79 Å². The molecule has 5 aliphatic carbocycles. The fourth-order valence-corrected chi connectivity index (χ4v) is 6.97. The molecule has 1 fully saturated rings. The third-order valence-electron chi connectivity index (χ3n) is 7.63. The van der Waals surface area contributed by atoms with Crippen molar-refractivity contribution < 1.29 is 4.79 Å². The lowest BCUT2D eigenvalue weighted by atomic mass is 9.57. The predicted molar refractivity (Wildman–Crippen MR) is 85.9 cm³/mol. The van der Waals surface area contributed by atoms with Crippen LogP contribution in [-0.2, 0) is 11.2 Å². The van der Waals surface area contributed by atoms with E-state index in [0.717, 1.165) is 18.8 Å². The smallest absolute Gasteiger partial charge is 0.141 e. The van der Waals surface area contributed by atoms with Crippen LogP contribution in [0.15, 0.2) is 29.3 Å². The minimum absolute atomic E-state index is 0.202. The van der Waals surface area contributed by atoms with E-state index in [0.29, 0.717) is 11.7 Å². The Morgan fingerprint density at radius 3 is 3.00 bits per heavy atom. The highest BCUT2D eigenvalue weighted by molar-refractivity contribution is 5.90. The predicted octanol–water partition coefficient (Wildman–Crippen LogP) is 4.66. The molecule has 0 aromatic heterocycles. The van der Waals surface area contributed by atoms with Gasteiger partial charge in [-0.2, -0.15) is 0 Å². The first-order valence-corrected chi connectivity index (χ1v) is 9.17. The normalized spacial score (nSPS) is 40.7. The van der Waals surface area contributed by atoms with Gasteiger partial charge in [0.25, 0.3) is 0 Å². The molecule has 0 saturated heterocycles. The standard InChI is InChI=1S/C21H22O/c22-18-7-6-12-4-5-13-10-16(12)20(18)21-9-8-14(11-21)19-15(13)2-1-3-17(19)21/h4-5,10,14-15,20H,1-3,6-9,11H2. The quantitative estimate of drug-likeness (QED) is 0.635. The largest absolute Gasteiger partial charge is 0.299 e. The number of aryl methyl sites for hydroxylation is 1. The zero-order chi connectivity index (χ0) is 14.5. The van der Waals surface area contributed by atoms with Crippen molar-refractivity contribution in [3.8, 4) is 0 Å². The molecule has 0 heterocycles. The van der Waals surface area contributed by atoms with E-state index < -0.39 is 0 Å². The molecular formula is C21H22O. The molecule has 1 aromatic carbocycles. The van der Waals surface area contributed by atoms with Crippen molar-refractivity contribution in [3.63, 3.8) is 0 Å². The van der Waals surface area contributed by atoms with Gasteiger partial charge in [0.05, 0.1) is 5.92 Å². The maximum Gasteiger partial charge on any atom is 0.141 e. The number of rotatable bonds is 0. The Balaban J connectivity index is 1.73. The molecule has 1 aromatic rings. The Kier molecular flexibility index (Phi) is 2.06. The van der Waals surface area contributed by atoms with E-state index in [2.05, 4.69) is 18.2 Å². The van der Waals surface area contributed by atoms with Gasteiger partial charge in [0.2, 0.25) is 0 Å². The van der Waals surface area contributed by atoms with E-state index in [1.54, 1.807) is 11.1 Å². The first kappa shape index (κ1) is 12.1. The van der Waals surface area contributed by atoms with Crippen molar-refractivity contribution in [1.82, 2.24) is 0 Å². The van der Waals surface area contributed by atoms with Crippen LogP contribution in [0.5, 0.6) is 0 Å². The fourth-order valence-electron chi connectivity index (χ4n) is 6.97. The maximum atomic E-state index is 13.0. The molecule has 22 heavy (non-hydrogen) atoms. The number of hydrogen-bond acceptors (Lipinski definition) is 1. The van der Waals surface area contributed by atoms with Crippen LogP contribution in [0.2, 0.25) is 0 Å². The van der Waals surface area contributed by atoms with Gasteiger partial charge in [0, 0.05) is 17.8 Å². The molecule has 7 bridgehead atoms. The van der Waals surface area contributed by atoms with E-state index in [-0.39, 0.29) is 11.3 Å². The van der Waals surface area contributed by atoms with E-state index >= 15 is 0 Å². The van der Waals surface area contributed by atoms with Gasteiger partial charge in [0.15, 0.2) is 0 Å². The van der Waals surface area contributed by atoms with Crippen molar-refractivity contribution in [2.24, 2.45) is 11.3 Å². The second-order valence-corrected chi connectivity index (χ2v) is 8.33. The van der Waals surface area contributed by atoms with Gasteiger partial charge in [-0.15, -0.1) is 0 Å². The van der Waals surface area contributed by atoms with Crippen LogP contribution >= 0.6 is 0 Å². The molecule has 0 radical (unpaired) electrons. The summed E-state index contributed by atoms with van der Waals surface area (Å²) < 4.78 is 0. The lowest BCUT2D eigenvalue weighted by Gasteiger charge is -2.45. The summed E-state index contributed by atoms with van der Waals surface area (Å²) in [5, 5.41) is 0. The molecule has 1 heteroatoms. The third kappa shape index (κ3) is 1.19. The molecule has 1 saturated carbocycles. The van der Waals surface area contributed by atoms with Gasteiger partial charge in [-0.05, 0) is 67.6 Å². The first-order valence-electron chi connectivity index (χ1n) is 9.17. The Hall–Kier alpha value is -1.37. The number of Topliss-reactive ketones (excluding diaryl/α,β-unsaturated/α-hetero) is 1. The van der Waals surface area contributed by atoms with Crippen LogP contribution in [0.4, 0.5) is 0 Å². The van der Waals surface area contributed by atoms with E-state index in [1.165, 1.54) is 55.2 Å². The molecule has 6 rings (SSSR count). The Bertz CT molecular complexity index is 755. The van der Waals surface area contributed by atoms with Crippen molar-refractivity contribution in [3.05, 3.63) is 46.0 Å². The second kappa shape index (κ2) is 3.75. The Morgan fingerprint density at radius 1 is 1.09 bits per heavy atom.